The van der Waals surface area contributed by atoms with Gasteiger partial charge >= 0.3 is 0 Å². The Kier molecular flexibility index (Phi) is 1.96. The highest BCUT2D eigenvalue weighted by atomic mass is 31.0. The molecule has 0 aliphatic heterocycles. The molecule has 0 radical (unpaired) electrons. The molecule has 0 aromatic heterocycles. The highest BCUT2D eigenvalue weighted by molar-refractivity contribution is 7.19. The molecule has 1 aliphatic carbocycles. The standard InChI is InChI=1S/C8H12NP/c1-8(10)5-3-2-4-7(9)6-8/h2-6H,9-10H2,1H3. The Balaban J connectivity index is 2.93. The van der Waals surface area contributed by atoms with Gasteiger partial charge in [0.05, 0.1) is 0 Å². The molecule has 0 aromatic carbocycles. The van der Waals surface area contributed by atoms with Crippen LogP contribution in [0.15, 0.2) is 36.1 Å². The van der Waals surface area contributed by atoms with E-state index in [0.717, 1.165) is 5.70 Å². The molecule has 2 N–H and O–H groups in total. The first kappa shape index (κ1) is 7.56. The number of hydrogen-bond donors (Lipinski definition) is 1. The Morgan fingerprint density at radius 2 is 2.20 bits per heavy atom. The first-order valence-corrected chi connectivity index (χ1v) is 3.81. The molecule has 0 heterocycles. The van der Waals surface area contributed by atoms with Gasteiger partial charge in [0.25, 0.3) is 0 Å². The van der Waals surface area contributed by atoms with E-state index < -0.39 is 0 Å². The van der Waals surface area contributed by atoms with E-state index in [1.54, 1.807) is 0 Å². The normalized spacial score (nSPS) is 31.6. The minimum absolute atomic E-state index is 0.0214. The fourth-order valence-electron chi connectivity index (χ4n) is 0.885. The van der Waals surface area contributed by atoms with E-state index in [0.29, 0.717) is 0 Å². The molecule has 2 heteroatoms. The summed E-state index contributed by atoms with van der Waals surface area (Å²) < 4.78 is 0. The van der Waals surface area contributed by atoms with Gasteiger partial charge < -0.3 is 5.73 Å². The first-order valence-electron chi connectivity index (χ1n) is 3.23. The van der Waals surface area contributed by atoms with E-state index in [4.69, 9.17) is 5.73 Å². The predicted octanol–water partition coefficient (Wildman–Crippen LogP) is 1.59. The number of rotatable bonds is 0. The van der Waals surface area contributed by atoms with E-state index in [2.05, 4.69) is 22.2 Å². The van der Waals surface area contributed by atoms with Crippen molar-refractivity contribution in [3.63, 3.8) is 0 Å². The van der Waals surface area contributed by atoms with E-state index in [1.165, 1.54) is 0 Å². The zero-order chi connectivity index (χ0) is 7.61. The molecule has 54 valence electrons. The fourth-order valence-corrected chi connectivity index (χ4v) is 1.19. The zero-order valence-electron chi connectivity index (χ0n) is 6.04. The summed E-state index contributed by atoms with van der Waals surface area (Å²) in [4.78, 5) is 0. The highest BCUT2D eigenvalue weighted by Crippen LogP contribution is 2.23. The van der Waals surface area contributed by atoms with Gasteiger partial charge in [-0.05, 0) is 19.1 Å². The molecule has 2 unspecified atom stereocenters. The maximum atomic E-state index is 5.63. The molecular weight excluding hydrogens is 141 g/mol. The van der Waals surface area contributed by atoms with Crippen LogP contribution in [0.5, 0.6) is 0 Å². The Labute approximate surface area is 63.9 Å². The van der Waals surface area contributed by atoms with Crippen LogP contribution in [0.3, 0.4) is 0 Å². The van der Waals surface area contributed by atoms with E-state index in [1.807, 2.05) is 24.3 Å². The summed E-state index contributed by atoms with van der Waals surface area (Å²) in [5.41, 5.74) is 6.45. The molecular formula is C8H12NP. The topological polar surface area (TPSA) is 26.0 Å². The molecule has 10 heavy (non-hydrogen) atoms. The maximum absolute atomic E-state index is 5.63. The fraction of sp³-hybridized carbons (Fsp3) is 0.250. The van der Waals surface area contributed by atoms with Crippen LogP contribution in [-0.2, 0) is 0 Å². The van der Waals surface area contributed by atoms with Crippen LogP contribution in [0.4, 0.5) is 0 Å². The van der Waals surface area contributed by atoms with Crippen LogP contribution in [0.25, 0.3) is 0 Å². The highest BCUT2D eigenvalue weighted by Gasteiger charge is 2.10. The van der Waals surface area contributed by atoms with Gasteiger partial charge in [0.2, 0.25) is 0 Å². The summed E-state index contributed by atoms with van der Waals surface area (Å²) in [6.45, 7) is 2.09. The summed E-state index contributed by atoms with van der Waals surface area (Å²) in [5.74, 6) is 0. The van der Waals surface area contributed by atoms with Crippen molar-refractivity contribution in [3.8, 4) is 0 Å². The third kappa shape index (κ3) is 2.00. The van der Waals surface area contributed by atoms with Gasteiger partial charge in [-0.2, -0.15) is 0 Å². The van der Waals surface area contributed by atoms with Gasteiger partial charge in [-0.15, -0.1) is 9.24 Å². The van der Waals surface area contributed by atoms with Crippen molar-refractivity contribution in [3.05, 3.63) is 36.1 Å². The third-order valence-electron chi connectivity index (χ3n) is 1.33. The molecule has 0 aromatic rings. The SMILES string of the molecule is CC1(P)C=CC=CC(N)=C1. The Morgan fingerprint density at radius 1 is 1.50 bits per heavy atom. The summed E-state index contributed by atoms with van der Waals surface area (Å²) in [7, 11) is 2.74. The zero-order valence-corrected chi connectivity index (χ0v) is 7.20. The molecule has 1 aliphatic rings. The van der Waals surface area contributed by atoms with E-state index in [-0.39, 0.29) is 5.16 Å². The van der Waals surface area contributed by atoms with Gasteiger partial charge in [0, 0.05) is 10.9 Å². The summed E-state index contributed by atoms with van der Waals surface area (Å²) in [6.07, 6.45) is 9.95. The minimum atomic E-state index is 0.0214. The van der Waals surface area contributed by atoms with Crippen LogP contribution in [0.2, 0.25) is 0 Å². The molecule has 0 amide bonds. The lowest BCUT2D eigenvalue weighted by atomic mass is 10.1. The molecule has 0 saturated carbocycles. The van der Waals surface area contributed by atoms with Crippen molar-refractivity contribution < 1.29 is 0 Å². The number of nitrogens with two attached hydrogens (primary N) is 1. The summed E-state index contributed by atoms with van der Waals surface area (Å²) in [6, 6.07) is 0. The minimum Gasteiger partial charge on any atom is -0.399 e. The van der Waals surface area contributed by atoms with Crippen LogP contribution in [0.1, 0.15) is 6.92 Å². The van der Waals surface area contributed by atoms with Crippen molar-refractivity contribution in [2.75, 3.05) is 0 Å². The predicted molar refractivity (Wildman–Crippen MR) is 48.7 cm³/mol. The molecule has 1 nitrogen and oxygen atoms in total. The van der Waals surface area contributed by atoms with Crippen molar-refractivity contribution in [2.24, 2.45) is 5.73 Å². The van der Waals surface area contributed by atoms with Crippen LogP contribution < -0.4 is 5.73 Å². The molecule has 2 atom stereocenters. The molecule has 1 rings (SSSR count). The second-order valence-corrected chi connectivity index (χ2v) is 3.97. The average molecular weight is 153 g/mol. The van der Waals surface area contributed by atoms with E-state index in [9.17, 15) is 0 Å². The van der Waals surface area contributed by atoms with Gasteiger partial charge in [-0.3, -0.25) is 0 Å². The first-order chi connectivity index (χ1) is 4.60. The maximum Gasteiger partial charge on any atom is 0.0285 e. The van der Waals surface area contributed by atoms with Gasteiger partial charge in [0.15, 0.2) is 0 Å². The number of hydrogen-bond acceptors (Lipinski definition) is 1. The Morgan fingerprint density at radius 3 is 2.90 bits per heavy atom. The van der Waals surface area contributed by atoms with Crippen molar-refractivity contribution in [1.29, 1.82) is 0 Å². The van der Waals surface area contributed by atoms with Gasteiger partial charge in [-0.1, -0.05) is 18.2 Å². The van der Waals surface area contributed by atoms with Crippen LogP contribution in [0, 0.1) is 0 Å². The van der Waals surface area contributed by atoms with Crippen LogP contribution >= 0.6 is 9.24 Å². The largest absolute Gasteiger partial charge is 0.399 e. The van der Waals surface area contributed by atoms with Crippen molar-refractivity contribution >= 4 is 9.24 Å². The van der Waals surface area contributed by atoms with Crippen LogP contribution in [-0.4, -0.2) is 5.16 Å². The third-order valence-corrected chi connectivity index (χ3v) is 1.69. The Bertz CT molecular complexity index is 211. The van der Waals surface area contributed by atoms with Crippen molar-refractivity contribution in [2.45, 2.75) is 12.1 Å². The molecule has 0 bridgehead atoms. The second kappa shape index (κ2) is 2.59. The second-order valence-electron chi connectivity index (χ2n) is 2.73. The lowest BCUT2D eigenvalue weighted by Gasteiger charge is -2.13. The monoisotopic (exact) mass is 153 g/mol. The lowest BCUT2D eigenvalue weighted by Crippen LogP contribution is -2.09. The van der Waals surface area contributed by atoms with Gasteiger partial charge in [-0.25, -0.2) is 0 Å². The smallest absolute Gasteiger partial charge is 0.0285 e. The molecule has 0 fully saturated rings. The van der Waals surface area contributed by atoms with E-state index >= 15 is 0 Å². The molecule has 0 saturated heterocycles. The number of allylic oxidation sites excluding steroid dienone is 5. The average Bonchev–Trinajstić information content (AvgIpc) is 1.90. The Hall–Kier alpha value is -0.550. The quantitative estimate of drug-likeness (QED) is 0.525. The van der Waals surface area contributed by atoms with Gasteiger partial charge in [0.1, 0.15) is 0 Å². The molecule has 0 spiro atoms. The summed E-state index contributed by atoms with van der Waals surface area (Å²) in [5, 5.41) is 0.0214. The summed E-state index contributed by atoms with van der Waals surface area (Å²) >= 11 is 0. The van der Waals surface area contributed by atoms with Crippen molar-refractivity contribution in [1.82, 2.24) is 0 Å². The lowest BCUT2D eigenvalue weighted by molar-refractivity contribution is 0.999.